The number of ether oxygens (including phenoxy) is 2. The Morgan fingerprint density at radius 1 is 1.26 bits per heavy atom. The van der Waals surface area contributed by atoms with E-state index in [9.17, 15) is 9.59 Å². The number of fused-ring (bicyclic) bond motifs is 2. The number of morpholine rings is 1. The van der Waals surface area contributed by atoms with Gasteiger partial charge in [-0.25, -0.2) is 9.59 Å². The number of benzene rings is 1. The van der Waals surface area contributed by atoms with E-state index < -0.39 is 11.6 Å². The average Bonchev–Trinajstić information content (AvgIpc) is 3.05. The Hall–Kier alpha value is -2.08. The van der Waals surface area contributed by atoms with Crippen LogP contribution < -0.4 is 0 Å². The SMILES string of the molecule is CC(C)(C)OC(=O)N1C[C@H]2C[C@@H]1[C@H](c1ccc(C(=O)O)cc1)O2. The van der Waals surface area contributed by atoms with Crippen molar-refractivity contribution in [3.05, 3.63) is 35.4 Å². The van der Waals surface area contributed by atoms with E-state index in [0.29, 0.717) is 6.54 Å². The van der Waals surface area contributed by atoms with Crippen molar-refractivity contribution < 1.29 is 24.2 Å². The van der Waals surface area contributed by atoms with Crippen molar-refractivity contribution in [3.63, 3.8) is 0 Å². The van der Waals surface area contributed by atoms with Gasteiger partial charge in [0.2, 0.25) is 0 Å². The van der Waals surface area contributed by atoms with Gasteiger partial charge < -0.3 is 14.6 Å². The lowest BCUT2D eigenvalue weighted by Crippen LogP contribution is -2.45. The number of hydrogen-bond donors (Lipinski definition) is 1. The first-order chi connectivity index (χ1) is 10.7. The first-order valence-corrected chi connectivity index (χ1v) is 7.73. The molecule has 0 saturated carbocycles. The van der Waals surface area contributed by atoms with Crippen LogP contribution in [0.2, 0.25) is 0 Å². The van der Waals surface area contributed by atoms with Gasteiger partial charge in [-0.05, 0) is 44.9 Å². The monoisotopic (exact) mass is 319 g/mol. The van der Waals surface area contributed by atoms with E-state index in [4.69, 9.17) is 14.6 Å². The molecule has 0 aromatic heterocycles. The number of carboxylic acid groups (broad SMARTS) is 1. The first-order valence-electron chi connectivity index (χ1n) is 7.73. The fourth-order valence-electron chi connectivity index (χ4n) is 3.16. The quantitative estimate of drug-likeness (QED) is 0.907. The van der Waals surface area contributed by atoms with Crippen LogP contribution in [0.1, 0.15) is 49.2 Å². The second-order valence-electron chi connectivity index (χ2n) is 7.04. The summed E-state index contributed by atoms with van der Waals surface area (Å²) in [6.07, 6.45) is 0.242. The molecule has 2 fully saturated rings. The molecule has 0 spiro atoms. The van der Waals surface area contributed by atoms with E-state index in [1.54, 1.807) is 29.2 Å². The lowest BCUT2D eigenvalue weighted by Gasteiger charge is -2.34. The topological polar surface area (TPSA) is 76.1 Å². The van der Waals surface area contributed by atoms with E-state index in [2.05, 4.69) is 0 Å². The molecule has 6 heteroatoms. The molecular weight excluding hydrogens is 298 g/mol. The largest absolute Gasteiger partial charge is 0.478 e. The van der Waals surface area contributed by atoms with Gasteiger partial charge in [-0.15, -0.1) is 0 Å². The van der Waals surface area contributed by atoms with Crippen molar-refractivity contribution in [2.45, 2.75) is 51.0 Å². The normalized spacial score (nSPS) is 26.4. The summed E-state index contributed by atoms with van der Waals surface area (Å²) in [6.45, 7) is 6.08. The highest BCUT2D eigenvalue weighted by molar-refractivity contribution is 5.87. The molecule has 6 nitrogen and oxygen atoms in total. The molecule has 2 heterocycles. The minimum Gasteiger partial charge on any atom is -0.478 e. The number of carboxylic acids is 1. The Labute approximate surface area is 135 Å². The van der Waals surface area contributed by atoms with Crippen LogP contribution >= 0.6 is 0 Å². The molecule has 2 bridgehead atoms. The van der Waals surface area contributed by atoms with Crippen LogP contribution in [0.15, 0.2) is 24.3 Å². The summed E-state index contributed by atoms with van der Waals surface area (Å²) in [5, 5.41) is 8.97. The molecule has 23 heavy (non-hydrogen) atoms. The van der Waals surface area contributed by atoms with Gasteiger partial charge in [0.05, 0.1) is 24.3 Å². The number of nitrogens with zero attached hydrogens (tertiary/aromatic N) is 1. The number of likely N-dealkylation sites (tertiary alicyclic amines) is 1. The van der Waals surface area contributed by atoms with Gasteiger partial charge in [0.1, 0.15) is 11.7 Å². The van der Waals surface area contributed by atoms with Gasteiger partial charge in [0.15, 0.2) is 0 Å². The van der Waals surface area contributed by atoms with Crippen molar-refractivity contribution >= 4 is 12.1 Å². The number of hydrogen-bond acceptors (Lipinski definition) is 4. The van der Waals surface area contributed by atoms with E-state index in [0.717, 1.165) is 12.0 Å². The number of carbonyl (C=O) groups excluding carboxylic acids is 1. The van der Waals surface area contributed by atoms with Crippen molar-refractivity contribution in [2.24, 2.45) is 0 Å². The minimum absolute atomic E-state index is 0.0108. The molecule has 3 rings (SSSR count). The van der Waals surface area contributed by atoms with Crippen molar-refractivity contribution in [2.75, 3.05) is 6.54 Å². The molecule has 2 aliphatic rings. The van der Waals surface area contributed by atoms with Gasteiger partial charge >= 0.3 is 12.1 Å². The predicted octanol–water partition coefficient (Wildman–Crippen LogP) is 2.83. The highest BCUT2D eigenvalue weighted by Crippen LogP contribution is 2.42. The second-order valence-corrected chi connectivity index (χ2v) is 7.04. The second kappa shape index (κ2) is 5.53. The lowest BCUT2D eigenvalue weighted by molar-refractivity contribution is -0.0467. The van der Waals surface area contributed by atoms with Gasteiger partial charge in [-0.3, -0.25) is 4.90 Å². The van der Waals surface area contributed by atoms with Gasteiger partial charge in [-0.2, -0.15) is 0 Å². The smallest absolute Gasteiger partial charge is 0.410 e. The van der Waals surface area contributed by atoms with Crippen molar-refractivity contribution in [1.29, 1.82) is 0 Å². The summed E-state index contributed by atoms with van der Waals surface area (Å²) in [5.74, 6) is -0.958. The summed E-state index contributed by atoms with van der Waals surface area (Å²) in [5.41, 5.74) is 0.593. The van der Waals surface area contributed by atoms with Crippen LogP contribution in [0.3, 0.4) is 0 Å². The predicted molar refractivity (Wildman–Crippen MR) is 82.4 cm³/mol. The van der Waals surface area contributed by atoms with E-state index in [-0.39, 0.29) is 29.9 Å². The molecule has 0 unspecified atom stereocenters. The fourth-order valence-corrected chi connectivity index (χ4v) is 3.16. The molecule has 3 atom stereocenters. The minimum atomic E-state index is -0.958. The van der Waals surface area contributed by atoms with E-state index >= 15 is 0 Å². The Morgan fingerprint density at radius 2 is 1.91 bits per heavy atom. The molecule has 0 radical (unpaired) electrons. The van der Waals surface area contributed by atoms with Crippen LogP contribution in [-0.2, 0) is 9.47 Å². The molecule has 2 saturated heterocycles. The first kappa shape index (κ1) is 15.8. The third-order valence-corrected chi connectivity index (χ3v) is 4.11. The Bertz CT molecular complexity index is 619. The summed E-state index contributed by atoms with van der Waals surface area (Å²) in [6, 6.07) is 6.56. The number of rotatable bonds is 2. The zero-order valence-electron chi connectivity index (χ0n) is 13.5. The standard InChI is InChI=1S/C17H21NO5/c1-17(2,3)23-16(21)18-9-12-8-13(18)14(22-12)10-4-6-11(7-5-10)15(19)20/h4-7,12-14H,8-9H2,1-3H3,(H,19,20)/t12-,13-,14+/m1/s1. The number of carbonyl (C=O) groups is 2. The van der Waals surface area contributed by atoms with Gasteiger partial charge in [0.25, 0.3) is 0 Å². The van der Waals surface area contributed by atoms with Gasteiger partial charge in [-0.1, -0.05) is 12.1 Å². The number of aromatic carboxylic acids is 1. The molecule has 2 aliphatic heterocycles. The molecule has 0 aliphatic carbocycles. The molecular formula is C17H21NO5. The van der Waals surface area contributed by atoms with Crippen LogP contribution in [0.25, 0.3) is 0 Å². The Balaban J connectivity index is 1.75. The molecule has 1 aromatic rings. The van der Waals surface area contributed by atoms with E-state index in [1.807, 2.05) is 20.8 Å². The number of amides is 1. The zero-order valence-corrected chi connectivity index (χ0v) is 13.5. The summed E-state index contributed by atoms with van der Waals surface area (Å²) >= 11 is 0. The highest BCUT2D eigenvalue weighted by atomic mass is 16.6. The third-order valence-electron chi connectivity index (χ3n) is 4.11. The van der Waals surface area contributed by atoms with Crippen LogP contribution in [0.4, 0.5) is 4.79 Å². The fraction of sp³-hybridized carbons (Fsp3) is 0.529. The molecule has 124 valence electrons. The maximum atomic E-state index is 12.3. The summed E-state index contributed by atoms with van der Waals surface area (Å²) in [4.78, 5) is 25.0. The molecule has 1 amide bonds. The van der Waals surface area contributed by atoms with Crippen LogP contribution in [0.5, 0.6) is 0 Å². The van der Waals surface area contributed by atoms with Crippen LogP contribution in [0, 0.1) is 0 Å². The Kier molecular flexibility index (Phi) is 3.80. The maximum absolute atomic E-state index is 12.3. The summed E-state index contributed by atoms with van der Waals surface area (Å²) in [7, 11) is 0. The van der Waals surface area contributed by atoms with Gasteiger partial charge in [0, 0.05) is 0 Å². The lowest BCUT2D eigenvalue weighted by atomic mass is 10.0. The summed E-state index contributed by atoms with van der Waals surface area (Å²) < 4.78 is 11.4. The average molecular weight is 319 g/mol. The van der Waals surface area contributed by atoms with Crippen molar-refractivity contribution in [3.8, 4) is 0 Å². The molecule has 1 N–H and O–H groups in total. The van der Waals surface area contributed by atoms with Crippen molar-refractivity contribution in [1.82, 2.24) is 4.90 Å². The van der Waals surface area contributed by atoms with Crippen LogP contribution in [-0.4, -0.2) is 46.4 Å². The Morgan fingerprint density at radius 3 is 2.43 bits per heavy atom. The zero-order chi connectivity index (χ0) is 16.8. The molecule has 1 aromatic carbocycles. The van der Waals surface area contributed by atoms with E-state index in [1.165, 1.54) is 0 Å². The maximum Gasteiger partial charge on any atom is 0.410 e. The highest BCUT2D eigenvalue weighted by Gasteiger charge is 2.49. The third kappa shape index (κ3) is 3.17.